The average Bonchev–Trinajstić information content (AvgIpc) is 3.36. The van der Waals surface area contributed by atoms with Gasteiger partial charge in [0, 0.05) is 18.3 Å². The second kappa shape index (κ2) is 7.71. The third kappa shape index (κ3) is 4.06. The molecule has 27 heavy (non-hydrogen) atoms. The molecule has 1 fully saturated rings. The van der Waals surface area contributed by atoms with Gasteiger partial charge in [-0.25, -0.2) is 4.79 Å². The number of benzene rings is 1. The van der Waals surface area contributed by atoms with Crippen LogP contribution in [0.15, 0.2) is 41.0 Å². The Bertz CT molecular complexity index is 815. The number of nitrogens with one attached hydrogen (secondary N) is 3. The highest BCUT2D eigenvalue weighted by atomic mass is 16.5. The Morgan fingerprint density at radius 2 is 2.11 bits per heavy atom. The van der Waals surface area contributed by atoms with Crippen LogP contribution < -0.4 is 20.7 Å². The Kier molecular flexibility index (Phi) is 4.97. The Balaban J connectivity index is 1.36. The first-order chi connectivity index (χ1) is 13.2. The van der Waals surface area contributed by atoms with Gasteiger partial charge in [0.05, 0.1) is 18.0 Å². The van der Waals surface area contributed by atoms with Crippen LogP contribution in [0.3, 0.4) is 0 Å². The molecule has 1 aromatic carbocycles. The summed E-state index contributed by atoms with van der Waals surface area (Å²) in [6.07, 6.45) is 3.98. The number of amides is 3. The monoisotopic (exact) mass is 370 g/mol. The number of rotatable bonds is 5. The van der Waals surface area contributed by atoms with E-state index in [1.165, 1.54) is 0 Å². The van der Waals surface area contributed by atoms with E-state index in [0.29, 0.717) is 23.7 Å². The van der Waals surface area contributed by atoms with Crippen molar-refractivity contribution in [3.63, 3.8) is 0 Å². The predicted molar refractivity (Wildman–Crippen MR) is 99.8 cm³/mol. The van der Waals surface area contributed by atoms with Gasteiger partial charge in [0.1, 0.15) is 11.5 Å². The van der Waals surface area contributed by atoms with Gasteiger partial charge in [0.15, 0.2) is 6.61 Å². The summed E-state index contributed by atoms with van der Waals surface area (Å²) in [6, 6.07) is 8.65. The summed E-state index contributed by atoms with van der Waals surface area (Å²) in [5.74, 6) is 1.21. The summed E-state index contributed by atoms with van der Waals surface area (Å²) in [6.45, 7) is 2.44. The van der Waals surface area contributed by atoms with Gasteiger partial charge in [0.2, 0.25) is 0 Å². The van der Waals surface area contributed by atoms with Crippen LogP contribution in [0.2, 0.25) is 0 Å². The number of fused-ring (bicyclic) bond motifs is 1. The number of carbonyl (C=O) groups excluding carboxylic acids is 2. The number of nitrogens with zero attached hydrogens (tertiary/aromatic N) is 1. The molecule has 8 heteroatoms. The lowest BCUT2D eigenvalue weighted by Gasteiger charge is -2.26. The molecule has 3 amide bonds. The molecule has 0 radical (unpaired) electrons. The maximum absolute atomic E-state index is 12.3. The normalized spacial score (nSPS) is 17.6. The van der Waals surface area contributed by atoms with Gasteiger partial charge in [-0.1, -0.05) is 0 Å². The molecule has 1 aromatic heterocycles. The van der Waals surface area contributed by atoms with Crippen molar-refractivity contribution in [1.29, 1.82) is 0 Å². The summed E-state index contributed by atoms with van der Waals surface area (Å²) >= 11 is 0. The van der Waals surface area contributed by atoms with Crippen LogP contribution in [-0.2, 0) is 4.79 Å². The minimum atomic E-state index is -0.300. The van der Waals surface area contributed by atoms with Gasteiger partial charge in [0.25, 0.3) is 5.91 Å². The maximum atomic E-state index is 12.3. The third-order valence-corrected chi connectivity index (χ3v) is 4.78. The zero-order valence-electron chi connectivity index (χ0n) is 14.9. The molecule has 2 aromatic rings. The number of urea groups is 1. The molecule has 3 N–H and O–H groups in total. The highest BCUT2D eigenvalue weighted by Gasteiger charge is 2.26. The predicted octanol–water partition coefficient (Wildman–Crippen LogP) is 2.57. The smallest absolute Gasteiger partial charge is 0.319 e. The maximum Gasteiger partial charge on any atom is 0.319 e. The van der Waals surface area contributed by atoms with Crippen molar-refractivity contribution >= 4 is 23.3 Å². The number of hydrogen-bond donors (Lipinski definition) is 3. The number of hydrogen-bond acceptors (Lipinski definition) is 5. The van der Waals surface area contributed by atoms with Crippen LogP contribution in [0.4, 0.5) is 16.2 Å². The van der Waals surface area contributed by atoms with Gasteiger partial charge >= 0.3 is 6.03 Å². The van der Waals surface area contributed by atoms with E-state index in [2.05, 4.69) is 20.9 Å². The lowest BCUT2D eigenvalue weighted by molar-refractivity contribution is -0.118. The zero-order chi connectivity index (χ0) is 18.6. The highest BCUT2D eigenvalue weighted by molar-refractivity contribution is 5.96. The number of furan rings is 1. The number of carbonyl (C=O) groups is 2. The lowest BCUT2D eigenvalue weighted by atomic mass is 10.2. The summed E-state index contributed by atoms with van der Waals surface area (Å²) < 4.78 is 10.9. The minimum absolute atomic E-state index is 0.0235. The molecule has 3 heterocycles. The van der Waals surface area contributed by atoms with Crippen molar-refractivity contribution in [2.75, 3.05) is 36.9 Å². The molecular formula is C19H22N4O4. The molecule has 2 aliphatic rings. The van der Waals surface area contributed by atoms with E-state index < -0.39 is 0 Å². The first kappa shape index (κ1) is 17.4. The molecule has 0 bridgehead atoms. The second-order valence-electron chi connectivity index (χ2n) is 6.66. The Morgan fingerprint density at radius 3 is 2.89 bits per heavy atom. The van der Waals surface area contributed by atoms with Crippen molar-refractivity contribution in [3.8, 4) is 5.75 Å². The van der Waals surface area contributed by atoms with E-state index in [0.717, 1.165) is 31.7 Å². The summed E-state index contributed by atoms with van der Waals surface area (Å²) in [4.78, 5) is 26.0. The SMILES string of the molecule is O=C1COc2cc(NC(=O)NC[C@H](c3ccco3)N3CCCC3)ccc2N1. The molecule has 8 nitrogen and oxygen atoms in total. The van der Waals surface area contributed by atoms with Crippen LogP contribution >= 0.6 is 0 Å². The fourth-order valence-electron chi connectivity index (χ4n) is 3.46. The van der Waals surface area contributed by atoms with E-state index in [4.69, 9.17) is 9.15 Å². The zero-order valence-corrected chi connectivity index (χ0v) is 14.9. The molecule has 4 rings (SSSR count). The van der Waals surface area contributed by atoms with Crippen LogP contribution in [0.5, 0.6) is 5.75 Å². The van der Waals surface area contributed by atoms with Crippen molar-refractivity contribution in [2.24, 2.45) is 0 Å². The minimum Gasteiger partial charge on any atom is -0.482 e. The topological polar surface area (TPSA) is 95.8 Å². The van der Waals surface area contributed by atoms with Gasteiger partial charge < -0.3 is 25.1 Å². The highest BCUT2D eigenvalue weighted by Crippen LogP contribution is 2.30. The molecule has 1 saturated heterocycles. The fourth-order valence-corrected chi connectivity index (χ4v) is 3.46. The van der Waals surface area contributed by atoms with E-state index in [-0.39, 0.29) is 24.6 Å². The molecule has 142 valence electrons. The van der Waals surface area contributed by atoms with Gasteiger partial charge in [-0.05, 0) is 50.2 Å². The number of likely N-dealkylation sites (tertiary alicyclic amines) is 1. The van der Waals surface area contributed by atoms with Crippen LogP contribution in [0.1, 0.15) is 24.6 Å². The average molecular weight is 370 g/mol. The van der Waals surface area contributed by atoms with E-state index in [1.807, 2.05) is 12.1 Å². The number of anilines is 2. The van der Waals surface area contributed by atoms with Crippen molar-refractivity contribution in [1.82, 2.24) is 10.2 Å². The van der Waals surface area contributed by atoms with Crippen LogP contribution in [-0.4, -0.2) is 43.1 Å². The van der Waals surface area contributed by atoms with E-state index in [1.54, 1.807) is 24.5 Å². The molecule has 0 unspecified atom stereocenters. The largest absolute Gasteiger partial charge is 0.482 e. The Hall–Kier alpha value is -3.00. The molecule has 0 spiro atoms. The molecule has 1 atom stereocenters. The summed E-state index contributed by atoms with van der Waals surface area (Å²) in [5.41, 5.74) is 1.20. The van der Waals surface area contributed by atoms with Gasteiger partial charge in [-0.15, -0.1) is 0 Å². The van der Waals surface area contributed by atoms with Crippen LogP contribution in [0.25, 0.3) is 0 Å². The lowest BCUT2D eigenvalue weighted by Crippen LogP contribution is -2.38. The first-order valence-corrected chi connectivity index (χ1v) is 9.08. The van der Waals surface area contributed by atoms with E-state index >= 15 is 0 Å². The van der Waals surface area contributed by atoms with Crippen molar-refractivity contribution in [2.45, 2.75) is 18.9 Å². The van der Waals surface area contributed by atoms with Crippen molar-refractivity contribution in [3.05, 3.63) is 42.4 Å². The molecule has 2 aliphatic heterocycles. The quantitative estimate of drug-likeness (QED) is 0.752. The summed E-state index contributed by atoms with van der Waals surface area (Å²) in [7, 11) is 0. The van der Waals surface area contributed by atoms with Crippen LogP contribution in [0, 0.1) is 0 Å². The number of ether oxygens (including phenoxy) is 1. The third-order valence-electron chi connectivity index (χ3n) is 4.78. The van der Waals surface area contributed by atoms with Gasteiger partial charge in [-0.3, -0.25) is 9.69 Å². The van der Waals surface area contributed by atoms with Crippen molar-refractivity contribution < 1.29 is 18.7 Å². The molecular weight excluding hydrogens is 348 g/mol. The second-order valence-corrected chi connectivity index (χ2v) is 6.66. The fraction of sp³-hybridized carbons (Fsp3) is 0.368. The standard InChI is InChI=1S/C19H22N4O4/c24-18-12-27-17-10-13(5-6-14(17)22-18)21-19(25)20-11-15(16-4-3-9-26-16)23-7-1-2-8-23/h3-6,9-10,15H,1-2,7-8,11-12H2,(H,22,24)(H2,20,21,25)/t15-/m1/s1. The van der Waals surface area contributed by atoms with E-state index in [9.17, 15) is 9.59 Å². The Labute approximate surface area is 156 Å². The van der Waals surface area contributed by atoms with Gasteiger partial charge in [-0.2, -0.15) is 0 Å². The molecule has 0 aliphatic carbocycles. The Morgan fingerprint density at radius 1 is 1.26 bits per heavy atom. The molecule has 0 saturated carbocycles. The first-order valence-electron chi connectivity index (χ1n) is 9.08. The summed E-state index contributed by atoms with van der Waals surface area (Å²) in [5, 5.41) is 8.44.